The van der Waals surface area contributed by atoms with E-state index in [0.717, 1.165) is 24.8 Å². The molecule has 0 N–H and O–H groups in total. The molecule has 2 nitrogen and oxygen atoms in total. The molecule has 2 bridgehead atoms. The Morgan fingerprint density at radius 2 is 2.05 bits per heavy atom. The maximum atomic E-state index is 12.4. The smallest absolute Gasteiger partial charge is 0.338 e. The summed E-state index contributed by atoms with van der Waals surface area (Å²) in [5.41, 5.74) is 1.97. The number of ether oxygens (including phenoxy) is 1. The first-order valence-electron chi connectivity index (χ1n) is 8.24. The summed E-state index contributed by atoms with van der Waals surface area (Å²) in [5.74, 6) is 1.69. The van der Waals surface area contributed by atoms with Crippen molar-refractivity contribution in [3.63, 3.8) is 0 Å². The fourth-order valence-electron chi connectivity index (χ4n) is 3.74. The highest BCUT2D eigenvalue weighted by Gasteiger charge is 2.38. The second kappa shape index (κ2) is 6.46. The molecule has 3 unspecified atom stereocenters. The molecular weight excluding hydrogens is 260 g/mol. The van der Waals surface area contributed by atoms with E-state index in [4.69, 9.17) is 4.74 Å². The predicted molar refractivity (Wildman–Crippen MR) is 84.3 cm³/mol. The molecule has 2 heteroatoms. The average molecular weight is 284 g/mol. The first-order valence-corrected chi connectivity index (χ1v) is 8.24. The van der Waals surface area contributed by atoms with Crippen molar-refractivity contribution in [1.82, 2.24) is 0 Å². The lowest BCUT2D eigenvalue weighted by Crippen LogP contribution is -2.14. The van der Waals surface area contributed by atoms with Crippen molar-refractivity contribution in [3.8, 4) is 0 Å². The summed E-state index contributed by atoms with van der Waals surface area (Å²) in [7, 11) is 0. The van der Waals surface area contributed by atoms with E-state index in [1.807, 2.05) is 18.2 Å². The third kappa shape index (κ3) is 3.04. The molecule has 21 heavy (non-hydrogen) atoms. The highest BCUT2D eigenvalue weighted by molar-refractivity contribution is 5.91. The van der Waals surface area contributed by atoms with Crippen LogP contribution in [0.1, 0.15) is 60.9 Å². The van der Waals surface area contributed by atoms with E-state index in [1.54, 1.807) is 0 Å². The number of unbranched alkanes of at least 4 members (excludes halogenated alkanes) is 2. The van der Waals surface area contributed by atoms with Crippen molar-refractivity contribution in [2.24, 2.45) is 11.8 Å². The van der Waals surface area contributed by atoms with Gasteiger partial charge in [0.1, 0.15) is 0 Å². The van der Waals surface area contributed by atoms with Gasteiger partial charge in [0.15, 0.2) is 0 Å². The van der Waals surface area contributed by atoms with E-state index in [9.17, 15) is 4.79 Å². The van der Waals surface area contributed by atoms with Crippen LogP contribution in [-0.2, 0) is 4.74 Å². The third-order valence-corrected chi connectivity index (χ3v) is 4.84. The lowest BCUT2D eigenvalue weighted by Gasteiger charge is -2.21. The predicted octanol–water partition coefficient (Wildman–Crippen LogP) is 4.71. The Labute approximate surface area is 127 Å². The van der Waals surface area contributed by atoms with Crippen LogP contribution < -0.4 is 0 Å². The van der Waals surface area contributed by atoms with E-state index in [2.05, 4.69) is 25.1 Å². The Hall–Kier alpha value is -1.57. The van der Waals surface area contributed by atoms with Gasteiger partial charge >= 0.3 is 5.97 Å². The minimum absolute atomic E-state index is 0.145. The van der Waals surface area contributed by atoms with Gasteiger partial charge in [0, 0.05) is 0 Å². The molecule has 0 aromatic heterocycles. The zero-order chi connectivity index (χ0) is 14.7. The van der Waals surface area contributed by atoms with Gasteiger partial charge in [-0.2, -0.15) is 0 Å². The molecule has 3 rings (SSSR count). The summed E-state index contributed by atoms with van der Waals surface area (Å²) in [4.78, 5) is 12.4. The Morgan fingerprint density at radius 1 is 1.19 bits per heavy atom. The standard InChI is InChI=1S/C19H24O2/c1-2-3-6-11-21-19(20)17-8-5-4-7-16(17)18-13-14-9-10-15(18)12-14/h4-5,7-10,14-15,18H,2-3,6,11-13H2,1H3. The summed E-state index contributed by atoms with van der Waals surface area (Å²) in [5, 5.41) is 0. The normalized spacial score (nSPS) is 26.2. The summed E-state index contributed by atoms with van der Waals surface area (Å²) >= 11 is 0. The number of carbonyl (C=O) groups is 1. The molecule has 0 aliphatic heterocycles. The second-order valence-electron chi connectivity index (χ2n) is 6.32. The summed E-state index contributed by atoms with van der Waals surface area (Å²) in [6, 6.07) is 8.02. The largest absolute Gasteiger partial charge is 0.462 e. The highest BCUT2D eigenvalue weighted by Crippen LogP contribution is 2.49. The SMILES string of the molecule is CCCCCOC(=O)c1ccccc1C1CC2C=CC1C2. The topological polar surface area (TPSA) is 26.3 Å². The molecule has 3 atom stereocenters. The van der Waals surface area contributed by atoms with E-state index >= 15 is 0 Å². The number of carbonyl (C=O) groups excluding carboxylic acids is 1. The number of rotatable bonds is 6. The number of benzene rings is 1. The molecule has 1 aromatic rings. The maximum absolute atomic E-state index is 12.4. The van der Waals surface area contributed by atoms with Crippen LogP contribution in [0.25, 0.3) is 0 Å². The number of allylic oxidation sites excluding steroid dienone is 2. The number of hydrogen-bond acceptors (Lipinski definition) is 2. The van der Waals surface area contributed by atoms with E-state index < -0.39 is 0 Å². The van der Waals surface area contributed by atoms with Gasteiger partial charge in [0.2, 0.25) is 0 Å². The summed E-state index contributed by atoms with van der Waals surface area (Å²) in [6.45, 7) is 2.69. The van der Waals surface area contributed by atoms with Crippen LogP contribution in [0.15, 0.2) is 36.4 Å². The molecule has 112 valence electrons. The van der Waals surface area contributed by atoms with Crippen LogP contribution in [-0.4, -0.2) is 12.6 Å². The molecule has 1 fully saturated rings. The van der Waals surface area contributed by atoms with Crippen molar-refractivity contribution in [1.29, 1.82) is 0 Å². The van der Waals surface area contributed by atoms with Crippen LogP contribution in [0.5, 0.6) is 0 Å². The minimum atomic E-state index is -0.145. The van der Waals surface area contributed by atoms with Crippen LogP contribution in [0, 0.1) is 11.8 Å². The molecule has 2 aliphatic rings. The molecule has 2 aliphatic carbocycles. The van der Waals surface area contributed by atoms with E-state index in [1.165, 1.54) is 18.4 Å². The van der Waals surface area contributed by atoms with Gasteiger partial charge in [-0.3, -0.25) is 0 Å². The molecule has 0 heterocycles. The second-order valence-corrected chi connectivity index (χ2v) is 6.32. The van der Waals surface area contributed by atoms with Gasteiger partial charge in [-0.15, -0.1) is 0 Å². The van der Waals surface area contributed by atoms with Gasteiger partial charge in [0.25, 0.3) is 0 Å². The summed E-state index contributed by atoms with van der Waals surface area (Å²) < 4.78 is 5.45. The van der Waals surface area contributed by atoms with Crippen molar-refractivity contribution in [2.45, 2.75) is 44.9 Å². The van der Waals surface area contributed by atoms with Crippen molar-refractivity contribution in [2.75, 3.05) is 6.61 Å². The zero-order valence-corrected chi connectivity index (χ0v) is 12.8. The first-order chi connectivity index (χ1) is 10.3. The monoisotopic (exact) mass is 284 g/mol. The average Bonchev–Trinajstić information content (AvgIpc) is 3.14. The van der Waals surface area contributed by atoms with Gasteiger partial charge < -0.3 is 4.74 Å². The lowest BCUT2D eigenvalue weighted by atomic mass is 9.84. The quantitative estimate of drug-likeness (QED) is 0.429. The lowest BCUT2D eigenvalue weighted by molar-refractivity contribution is 0.0496. The minimum Gasteiger partial charge on any atom is -0.462 e. The van der Waals surface area contributed by atoms with Crippen LogP contribution in [0.3, 0.4) is 0 Å². The van der Waals surface area contributed by atoms with E-state index in [-0.39, 0.29) is 5.97 Å². The molecule has 1 aromatic carbocycles. The van der Waals surface area contributed by atoms with E-state index in [0.29, 0.717) is 24.4 Å². The number of fused-ring (bicyclic) bond motifs is 2. The molecule has 0 radical (unpaired) electrons. The molecular formula is C19H24O2. The Morgan fingerprint density at radius 3 is 2.76 bits per heavy atom. The molecule has 0 spiro atoms. The molecule has 0 saturated heterocycles. The number of esters is 1. The highest BCUT2D eigenvalue weighted by atomic mass is 16.5. The first kappa shape index (κ1) is 14.4. The zero-order valence-electron chi connectivity index (χ0n) is 12.8. The van der Waals surface area contributed by atoms with Crippen LogP contribution in [0.2, 0.25) is 0 Å². The molecule has 1 saturated carbocycles. The van der Waals surface area contributed by atoms with Crippen molar-refractivity contribution < 1.29 is 9.53 Å². The number of hydrogen-bond donors (Lipinski definition) is 0. The van der Waals surface area contributed by atoms with Crippen LogP contribution in [0.4, 0.5) is 0 Å². The van der Waals surface area contributed by atoms with Gasteiger partial charge in [0.05, 0.1) is 12.2 Å². The van der Waals surface area contributed by atoms with Crippen molar-refractivity contribution >= 4 is 5.97 Å². The van der Waals surface area contributed by atoms with Gasteiger partial charge in [-0.25, -0.2) is 4.79 Å². The van der Waals surface area contributed by atoms with Gasteiger partial charge in [-0.1, -0.05) is 50.1 Å². The third-order valence-electron chi connectivity index (χ3n) is 4.84. The Balaban J connectivity index is 1.71. The Bertz CT molecular complexity index is 532. The molecule has 0 amide bonds. The Kier molecular flexibility index (Phi) is 4.42. The van der Waals surface area contributed by atoms with Gasteiger partial charge in [-0.05, 0) is 48.6 Å². The fourth-order valence-corrected chi connectivity index (χ4v) is 3.74. The fraction of sp³-hybridized carbons (Fsp3) is 0.526. The summed E-state index contributed by atoms with van der Waals surface area (Å²) in [6.07, 6.45) is 10.3. The van der Waals surface area contributed by atoms with Crippen LogP contribution >= 0.6 is 0 Å². The maximum Gasteiger partial charge on any atom is 0.338 e. The van der Waals surface area contributed by atoms with Crippen molar-refractivity contribution in [3.05, 3.63) is 47.5 Å².